The zero-order chi connectivity index (χ0) is 13.2. The molecule has 1 fully saturated rings. The van der Waals surface area contributed by atoms with Crippen molar-refractivity contribution < 1.29 is 9.50 Å². The lowest BCUT2D eigenvalue weighted by Crippen LogP contribution is -2.51. The maximum Gasteiger partial charge on any atom is 0.126 e. The van der Waals surface area contributed by atoms with E-state index in [9.17, 15) is 9.50 Å². The van der Waals surface area contributed by atoms with Crippen molar-refractivity contribution in [2.24, 2.45) is 5.92 Å². The molecule has 2 rings (SSSR count). The number of halogens is 2. The highest BCUT2D eigenvalue weighted by Crippen LogP contribution is 2.32. The van der Waals surface area contributed by atoms with Gasteiger partial charge in [0, 0.05) is 23.9 Å². The van der Waals surface area contributed by atoms with Gasteiger partial charge in [0.05, 0.1) is 5.60 Å². The molecule has 0 bridgehead atoms. The molecule has 100 valence electrons. The third-order valence-corrected chi connectivity index (χ3v) is 4.12. The Bertz CT molecular complexity index is 426. The predicted molar refractivity (Wildman–Crippen MR) is 71.3 cm³/mol. The van der Waals surface area contributed by atoms with Crippen LogP contribution < -0.4 is 5.32 Å². The second-order valence-electron chi connectivity index (χ2n) is 5.08. The second kappa shape index (κ2) is 5.55. The number of piperidine rings is 1. The van der Waals surface area contributed by atoms with E-state index in [0.29, 0.717) is 23.4 Å². The molecule has 1 aromatic carbocycles. The number of hydrogen-bond donors (Lipinski definition) is 2. The molecule has 0 amide bonds. The summed E-state index contributed by atoms with van der Waals surface area (Å²) in [6.45, 7) is 3.61. The van der Waals surface area contributed by atoms with Crippen molar-refractivity contribution in [3.05, 3.63) is 34.6 Å². The minimum Gasteiger partial charge on any atom is -0.389 e. The van der Waals surface area contributed by atoms with Gasteiger partial charge in [0.25, 0.3) is 0 Å². The number of aliphatic hydroxyl groups is 1. The minimum atomic E-state index is -0.828. The van der Waals surface area contributed by atoms with Crippen LogP contribution in [0.3, 0.4) is 0 Å². The molecule has 2 unspecified atom stereocenters. The highest BCUT2D eigenvalue weighted by atomic mass is 35.5. The smallest absolute Gasteiger partial charge is 0.126 e. The zero-order valence-electron chi connectivity index (χ0n) is 10.5. The third-order valence-electron chi connectivity index (χ3n) is 3.88. The van der Waals surface area contributed by atoms with Gasteiger partial charge >= 0.3 is 0 Å². The largest absolute Gasteiger partial charge is 0.389 e. The summed E-state index contributed by atoms with van der Waals surface area (Å²) in [5.74, 6) is -0.133. The van der Waals surface area contributed by atoms with E-state index >= 15 is 0 Å². The molecule has 2 N–H and O–H groups in total. The van der Waals surface area contributed by atoms with Crippen molar-refractivity contribution in [2.45, 2.75) is 31.8 Å². The molecule has 0 aliphatic carbocycles. The number of rotatable bonds is 3. The fraction of sp³-hybridized carbons (Fsp3) is 0.571. The second-order valence-corrected chi connectivity index (χ2v) is 5.51. The van der Waals surface area contributed by atoms with Crippen molar-refractivity contribution in [3.63, 3.8) is 0 Å². The first-order valence-electron chi connectivity index (χ1n) is 6.42. The van der Waals surface area contributed by atoms with Crippen molar-refractivity contribution in [3.8, 4) is 0 Å². The molecule has 1 aliphatic heterocycles. The van der Waals surface area contributed by atoms with Crippen LogP contribution in [0.1, 0.15) is 25.3 Å². The average Bonchev–Trinajstić information content (AvgIpc) is 2.34. The molecule has 1 heterocycles. The molecule has 4 heteroatoms. The van der Waals surface area contributed by atoms with Crippen LogP contribution in [0.5, 0.6) is 0 Å². The van der Waals surface area contributed by atoms with Gasteiger partial charge in [-0.15, -0.1) is 0 Å². The maximum atomic E-state index is 13.7. The summed E-state index contributed by atoms with van der Waals surface area (Å²) >= 11 is 5.89. The Hall–Kier alpha value is -0.640. The number of benzene rings is 1. The Labute approximate surface area is 112 Å². The molecule has 1 saturated heterocycles. The summed E-state index contributed by atoms with van der Waals surface area (Å²) < 4.78 is 13.7. The normalized spacial score (nSPS) is 28.3. The molecule has 1 aliphatic rings. The SMILES string of the molecule is CCC1CNCCC1(O)Cc1cc(Cl)ccc1F. The van der Waals surface area contributed by atoms with Crippen LogP contribution in [0.15, 0.2) is 18.2 Å². The summed E-state index contributed by atoms with van der Waals surface area (Å²) in [4.78, 5) is 0. The summed E-state index contributed by atoms with van der Waals surface area (Å²) in [6, 6.07) is 4.51. The van der Waals surface area contributed by atoms with Crippen molar-refractivity contribution in [1.82, 2.24) is 5.32 Å². The molecule has 0 aromatic heterocycles. The van der Waals surface area contributed by atoms with Gasteiger partial charge in [-0.3, -0.25) is 0 Å². The lowest BCUT2D eigenvalue weighted by molar-refractivity contribution is -0.0419. The van der Waals surface area contributed by atoms with Crippen LogP contribution in [-0.2, 0) is 6.42 Å². The van der Waals surface area contributed by atoms with Crippen LogP contribution in [0.2, 0.25) is 5.02 Å². The van der Waals surface area contributed by atoms with Crippen LogP contribution >= 0.6 is 11.6 Å². The fourth-order valence-electron chi connectivity index (χ4n) is 2.74. The van der Waals surface area contributed by atoms with Gasteiger partial charge in [-0.05, 0) is 43.1 Å². The van der Waals surface area contributed by atoms with Crippen LogP contribution in [0, 0.1) is 11.7 Å². The predicted octanol–water partition coefficient (Wildman–Crippen LogP) is 2.77. The molecular formula is C14H19ClFNO. The molecular weight excluding hydrogens is 253 g/mol. The Balaban J connectivity index is 2.22. The van der Waals surface area contributed by atoms with E-state index in [2.05, 4.69) is 12.2 Å². The van der Waals surface area contributed by atoms with E-state index in [4.69, 9.17) is 11.6 Å². The van der Waals surface area contributed by atoms with Crippen LogP contribution in [0.4, 0.5) is 4.39 Å². The standard InChI is InChI=1S/C14H19ClFNO/c1-2-11-9-17-6-5-14(11,18)8-10-7-12(15)3-4-13(10)16/h3-4,7,11,17-18H,2,5-6,8-9H2,1H3. The van der Waals surface area contributed by atoms with Gasteiger partial charge in [-0.1, -0.05) is 18.5 Å². The van der Waals surface area contributed by atoms with E-state index < -0.39 is 5.60 Å². The lowest BCUT2D eigenvalue weighted by atomic mass is 9.76. The number of nitrogens with one attached hydrogen (secondary N) is 1. The third kappa shape index (κ3) is 2.85. The molecule has 0 radical (unpaired) electrons. The Kier molecular flexibility index (Phi) is 4.25. The van der Waals surface area contributed by atoms with Crippen molar-refractivity contribution >= 4 is 11.6 Å². The minimum absolute atomic E-state index is 0.157. The van der Waals surface area contributed by atoms with E-state index in [1.807, 2.05) is 0 Å². The maximum absolute atomic E-state index is 13.7. The molecule has 18 heavy (non-hydrogen) atoms. The van der Waals surface area contributed by atoms with Gasteiger partial charge in [0.1, 0.15) is 5.82 Å². The van der Waals surface area contributed by atoms with E-state index in [1.54, 1.807) is 6.07 Å². The summed E-state index contributed by atoms with van der Waals surface area (Å²) in [5.41, 5.74) is -0.323. The highest BCUT2D eigenvalue weighted by Gasteiger charge is 2.38. The van der Waals surface area contributed by atoms with Gasteiger partial charge < -0.3 is 10.4 Å². The first kappa shape index (κ1) is 13.8. The molecule has 2 nitrogen and oxygen atoms in total. The van der Waals surface area contributed by atoms with Gasteiger partial charge in [0.15, 0.2) is 0 Å². The first-order chi connectivity index (χ1) is 8.55. The van der Waals surface area contributed by atoms with Crippen LogP contribution in [-0.4, -0.2) is 23.8 Å². The highest BCUT2D eigenvalue weighted by molar-refractivity contribution is 6.30. The van der Waals surface area contributed by atoms with Gasteiger partial charge in [-0.2, -0.15) is 0 Å². The van der Waals surface area contributed by atoms with E-state index in [1.165, 1.54) is 12.1 Å². The Morgan fingerprint density at radius 3 is 3.06 bits per heavy atom. The van der Waals surface area contributed by atoms with Crippen LogP contribution in [0.25, 0.3) is 0 Å². The van der Waals surface area contributed by atoms with Crippen molar-refractivity contribution in [1.29, 1.82) is 0 Å². The summed E-state index contributed by atoms with van der Waals surface area (Å²) in [5, 5.41) is 14.5. The quantitative estimate of drug-likeness (QED) is 0.886. The summed E-state index contributed by atoms with van der Waals surface area (Å²) in [7, 11) is 0. The zero-order valence-corrected chi connectivity index (χ0v) is 11.3. The number of hydrogen-bond acceptors (Lipinski definition) is 2. The molecule has 0 spiro atoms. The lowest BCUT2D eigenvalue weighted by Gasteiger charge is -2.40. The van der Waals surface area contributed by atoms with E-state index in [-0.39, 0.29) is 11.7 Å². The molecule has 1 aromatic rings. The Morgan fingerprint density at radius 2 is 2.33 bits per heavy atom. The topological polar surface area (TPSA) is 32.3 Å². The fourth-order valence-corrected chi connectivity index (χ4v) is 2.94. The first-order valence-corrected chi connectivity index (χ1v) is 6.80. The van der Waals surface area contributed by atoms with Crippen molar-refractivity contribution in [2.75, 3.05) is 13.1 Å². The molecule has 0 saturated carbocycles. The van der Waals surface area contributed by atoms with E-state index in [0.717, 1.165) is 19.5 Å². The average molecular weight is 272 g/mol. The van der Waals surface area contributed by atoms with Gasteiger partial charge in [0.2, 0.25) is 0 Å². The molecule has 2 atom stereocenters. The Morgan fingerprint density at radius 1 is 1.56 bits per heavy atom. The van der Waals surface area contributed by atoms with Gasteiger partial charge in [-0.25, -0.2) is 4.39 Å². The summed E-state index contributed by atoms with van der Waals surface area (Å²) in [6.07, 6.45) is 1.86. The monoisotopic (exact) mass is 271 g/mol.